The molecule has 1 N–H and O–H groups in total. The zero-order chi connectivity index (χ0) is 14.8. The monoisotopic (exact) mass is 278 g/mol. The molecular formula is C17H30N2O. The standard InChI is InChI=1S/C17H30N2O/c1-5-7-8-9-10-15(4)20-17-12-16(13-18-6-2)11-14(3)19-17/h11-12,15,18H,5-10,13H2,1-4H3. The Hall–Kier alpha value is -1.09. The molecule has 0 fully saturated rings. The molecule has 114 valence electrons. The number of aryl methyl sites for hydroxylation is 1. The maximum absolute atomic E-state index is 5.96. The van der Waals surface area contributed by atoms with E-state index in [0.29, 0.717) is 0 Å². The van der Waals surface area contributed by atoms with E-state index >= 15 is 0 Å². The van der Waals surface area contributed by atoms with Crippen molar-refractivity contribution in [3.8, 4) is 5.88 Å². The van der Waals surface area contributed by atoms with Crippen molar-refractivity contribution >= 4 is 0 Å². The van der Waals surface area contributed by atoms with Gasteiger partial charge in [-0.2, -0.15) is 0 Å². The third kappa shape index (κ3) is 6.90. The minimum absolute atomic E-state index is 0.244. The molecule has 3 nitrogen and oxygen atoms in total. The smallest absolute Gasteiger partial charge is 0.214 e. The SMILES string of the molecule is CCCCCCC(C)Oc1cc(CNCC)cc(C)n1. The fourth-order valence-corrected chi connectivity index (χ4v) is 2.26. The van der Waals surface area contributed by atoms with Crippen LogP contribution in [-0.4, -0.2) is 17.6 Å². The van der Waals surface area contributed by atoms with Gasteiger partial charge >= 0.3 is 0 Å². The van der Waals surface area contributed by atoms with Gasteiger partial charge in [0.2, 0.25) is 5.88 Å². The average molecular weight is 278 g/mol. The van der Waals surface area contributed by atoms with E-state index in [1.807, 2.05) is 6.92 Å². The molecule has 20 heavy (non-hydrogen) atoms. The van der Waals surface area contributed by atoms with Crippen molar-refractivity contribution in [3.63, 3.8) is 0 Å². The van der Waals surface area contributed by atoms with E-state index < -0.39 is 0 Å². The fourth-order valence-electron chi connectivity index (χ4n) is 2.26. The Balaban J connectivity index is 2.47. The second-order valence-electron chi connectivity index (χ2n) is 5.51. The maximum Gasteiger partial charge on any atom is 0.214 e. The molecule has 0 aliphatic heterocycles. The first kappa shape index (κ1) is 17.0. The number of rotatable bonds is 10. The number of pyridine rings is 1. The molecule has 1 atom stereocenters. The van der Waals surface area contributed by atoms with Crippen molar-refractivity contribution in [2.24, 2.45) is 0 Å². The predicted molar refractivity (Wildman–Crippen MR) is 85.2 cm³/mol. The summed E-state index contributed by atoms with van der Waals surface area (Å²) in [4.78, 5) is 4.48. The second kappa shape index (κ2) is 9.76. The third-order valence-corrected chi connectivity index (χ3v) is 3.35. The summed E-state index contributed by atoms with van der Waals surface area (Å²) in [5.74, 6) is 0.765. The van der Waals surface area contributed by atoms with Gasteiger partial charge in [0.05, 0.1) is 6.10 Å². The van der Waals surface area contributed by atoms with Crippen LogP contribution in [0.3, 0.4) is 0 Å². The van der Waals surface area contributed by atoms with Gasteiger partial charge in [-0.15, -0.1) is 0 Å². The topological polar surface area (TPSA) is 34.1 Å². The van der Waals surface area contributed by atoms with E-state index in [1.165, 1.54) is 31.2 Å². The van der Waals surface area contributed by atoms with Crippen LogP contribution in [-0.2, 0) is 6.54 Å². The normalized spacial score (nSPS) is 12.4. The average Bonchev–Trinajstić information content (AvgIpc) is 2.41. The minimum atomic E-state index is 0.244. The van der Waals surface area contributed by atoms with Gasteiger partial charge < -0.3 is 10.1 Å². The van der Waals surface area contributed by atoms with Gasteiger partial charge in [-0.05, 0) is 44.9 Å². The van der Waals surface area contributed by atoms with Crippen molar-refractivity contribution < 1.29 is 4.74 Å². The number of ether oxygens (including phenoxy) is 1. The lowest BCUT2D eigenvalue weighted by atomic mass is 10.1. The number of hydrogen-bond acceptors (Lipinski definition) is 3. The molecule has 0 saturated heterocycles. The lowest BCUT2D eigenvalue weighted by Crippen LogP contribution is -2.15. The highest BCUT2D eigenvalue weighted by Crippen LogP contribution is 2.16. The first-order valence-electron chi connectivity index (χ1n) is 8.00. The summed E-state index contributed by atoms with van der Waals surface area (Å²) in [6, 6.07) is 4.17. The van der Waals surface area contributed by atoms with E-state index in [4.69, 9.17) is 4.74 Å². The summed E-state index contributed by atoms with van der Waals surface area (Å²) in [5.41, 5.74) is 2.26. The van der Waals surface area contributed by atoms with E-state index in [2.05, 4.69) is 43.2 Å². The van der Waals surface area contributed by atoms with E-state index in [0.717, 1.165) is 31.1 Å². The van der Waals surface area contributed by atoms with Crippen molar-refractivity contribution in [3.05, 3.63) is 23.4 Å². The number of hydrogen-bond donors (Lipinski definition) is 1. The van der Waals surface area contributed by atoms with Crippen molar-refractivity contribution in [1.29, 1.82) is 0 Å². The molecule has 0 aliphatic rings. The molecule has 0 aliphatic carbocycles. The predicted octanol–water partition coefficient (Wildman–Crippen LogP) is 4.24. The lowest BCUT2D eigenvalue weighted by molar-refractivity contribution is 0.197. The van der Waals surface area contributed by atoms with Gasteiger partial charge in [-0.1, -0.05) is 33.1 Å². The first-order chi connectivity index (χ1) is 9.65. The summed E-state index contributed by atoms with van der Waals surface area (Å²) >= 11 is 0. The Morgan fingerprint density at radius 3 is 2.70 bits per heavy atom. The molecule has 0 bridgehead atoms. The van der Waals surface area contributed by atoms with Crippen LogP contribution in [0.1, 0.15) is 64.1 Å². The molecule has 0 saturated carbocycles. The van der Waals surface area contributed by atoms with Gasteiger partial charge in [0.15, 0.2) is 0 Å². The Morgan fingerprint density at radius 1 is 1.20 bits per heavy atom. The highest BCUT2D eigenvalue weighted by atomic mass is 16.5. The fraction of sp³-hybridized carbons (Fsp3) is 0.706. The van der Waals surface area contributed by atoms with Crippen LogP contribution in [0.4, 0.5) is 0 Å². The molecule has 1 rings (SSSR count). The van der Waals surface area contributed by atoms with Gasteiger partial charge in [0.1, 0.15) is 0 Å². The number of aromatic nitrogens is 1. The molecule has 0 spiro atoms. The number of unbranched alkanes of at least 4 members (excludes halogenated alkanes) is 3. The summed E-state index contributed by atoms with van der Waals surface area (Å²) < 4.78 is 5.96. The molecule has 1 aromatic heterocycles. The number of nitrogens with zero attached hydrogens (tertiary/aromatic N) is 1. The van der Waals surface area contributed by atoms with Gasteiger partial charge in [-0.3, -0.25) is 0 Å². The molecule has 0 aromatic carbocycles. The maximum atomic E-state index is 5.96. The summed E-state index contributed by atoms with van der Waals surface area (Å²) in [7, 11) is 0. The first-order valence-corrected chi connectivity index (χ1v) is 8.00. The zero-order valence-corrected chi connectivity index (χ0v) is 13.5. The van der Waals surface area contributed by atoms with Crippen LogP contribution < -0.4 is 10.1 Å². The van der Waals surface area contributed by atoms with Crippen LogP contribution >= 0.6 is 0 Å². The van der Waals surface area contributed by atoms with E-state index in [1.54, 1.807) is 0 Å². The summed E-state index contributed by atoms with van der Waals surface area (Å²) in [6.07, 6.45) is 6.50. The van der Waals surface area contributed by atoms with Crippen molar-refractivity contribution in [2.45, 2.75) is 72.4 Å². The van der Waals surface area contributed by atoms with Gasteiger partial charge in [0.25, 0.3) is 0 Å². The Kier molecular flexibility index (Phi) is 8.28. The van der Waals surface area contributed by atoms with Crippen molar-refractivity contribution in [2.75, 3.05) is 6.54 Å². The molecule has 0 amide bonds. The third-order valence-electron chi connectivity index (χ3n) is 3.35. The summed E-state index contributed by atoms with van der Waals surface area (Å²) in [6.45, 7) is 10.4. The second-order valence-corrected chi connectivity index (χ2v) is 5.51. The van der Waals surface area contributed by atoms with Crippen LogP contribution in [0.5, 0.6) is 5.88 Å². The van der Waals surface area contributed by atoms with Gasteiger partial charge in [0, 0.05) is 18.3 Å². The summed E-state index contributed by atoms with van der Waals surface area (Å²) in [5, 5.41) is 3.34. The highest BCUT2D eigenvalue weighted by molar-refractivity contribution is 5.24. The van der Waals surface area contributed by atoms with Crippen LogP contribution in [0, 0.1) is 6.92 Å². The quantitative estimate of drug-likeness (QED) is 0.650. The highest BCUT2D eigenvalue weighted by Gasteiger charge is 2.07. The number of nitrogens with one attached hydrogen (secondary N) is 1. The Bertz CT molecular complexity index is 379. The van der Waals surface area contributed by atoms with Crippen LogP contribution in [0.2, 0.25) is 0 Å². The largest absolute Gasteiger partial charge is 0.475 e. The minimum Gasteiger partial charge on any atom is -0.475 e. The van der Waals surface area contributed by atoms with E-state index in [9.17, 15) is 0 Å². The lowest BCUT2D eigenvalue weighted by Gasteiger charge is -2.15. The molecule has 0 radical (unpaired) electrons. The molecule has 1 unspecified atom stereocenters. The zero-order valence-electron chi connectivity index (χ0n) is 13.5. The molecular weight excluding hydrogens is 248 g/mol. The van der Waals surface area contributed by atoms with E-state index in [-0.39, 0.29) is 6.10 Å². The molecule has 1 aromatic rings. The van der Waals surface area contributed by atoms with Crippen molar-refractivity contribution in [1.82, 2.24) is 10.3 Å². The van der Waals surface area contributed by atoms with Crippen LogP contribution in [0.15, 0.2) is 12.1 Å². The molecule has 3 heteroatoms. The van der Waals surface area contributed by atoms with Gasteiger partial charge in [-0.25, -0.2) is 4.98 Å². The molecule has 1 heterocycles. The van der Waals surface area contributed by atoms with Crippen LogP contribution in [0.25, 0.3) is 0 Å². The Morgan fingerprint density at radius 2 is 2.00 bits per heavy atom. The Labute approximate surface area is 124 Å².